The van der Waals surface area contributed by atoms with Crippen molar-refractivity contribution in [3.8, 4) is 39.1 Å². The molecule has 0 bridgehead atoms. The Labute approximate surface area is 234 Å². The zero-order valence-electron chi connectivity index (χ0n) is 21.9. The average Bonchev–Trinajstić information content (AvgIpc) is 3.56. The number of para-hydroxylation sites is 2. The Hall–Kier alpha value is -5.08. The lowest BCUT2D eigenvalue weighted by Crippen LogP contribution is -2.32. The summed E-state index contributed by atoms with van der Waals surface area (Å²) in [7, 11) is 0. The molecule has 2 atom stereocenters. The van der Waals surface area contributed by atoms with Crippen molar-refractivity contribution < 1.29 is 4.74 Å². The number of hydrogen-bond acceptors (Lipinski definition) is 2. The molecule has 2 aliphatic rings. The first-order chi connectivity index (χ1) is 19.8. The lowest BCUT2D eigenvalue weighted by molar-refractivity contribution is 0.234. The van der Waals surface area contributed by atoms with Gasteiger partial charge in [0, 0.05) is 16.9 Å². The van der Waals surface area contributed by atoms with Gasteiger partial charge in [0.2, 0.25) is 0 Å². The molecule has 40 heavy (non-hydrogen) atoms. The van der Waals surface area contributed by atoms with Gasteiger partial charge in [0.25, 0.3) is 0 Å². The largest absolute Gasteiger partial charge is 0.469 e. The van der Waals surface area contributed by atoms with Crippen LogP contribution in [0.1, 0.15) is 17.0 Å². The molecule has 6 aromatic rings. The molecule has 6 aromatic carbocycles. The molecule has 2 nitrogen and oxygen atoms in total. The van der Waals surface area contributed by atoms with Gasteiger partial charge in [0.15, 0.2) is 6.23 Å². The van der Waals surface area contributed by atoms with E-state index in [1.165, 1.54) is 50.2 Å². The second-order valence-corrected chi connectivity index (χ2v) is 10.5. The fourth-order valence-electron chi connectivity index (χ4n) is 6.32. The van der Waals surface area contributed by atoms with Gasteiger partial charge in [0.05, 0.1) is 5.92 Å². The second kappa shape index (κ2) is 9.29. The summed E-state index contributed by atoms with van der Waals surface area (Å²) in [6.45, 7) is 0. The Morgan fingerprint density at radius 2 is 0.925 bits per heavy atom. The van der Waals surface area contributed by atoms with Crippen LogP contribution >= 0.6 is 0 Å². The van der Waals surface area contributed by atoms with Gasteiger partial charge in [0.1, 0.15) is 5.75 Å². The molecule has 8 rings (SSSR count). The Kier molecular flexibility index (Phi) is 5.31. The van der Waals surface area contributed by atoms with Crippen LogP contribution in [0.2, 0.25) is 0 Å². The molecule has 0 amide bonds. The highest BCUT2D eigenvalue weighted by atomic mass is 16.5. The van der Waals surface area contributed by atoms with Crippen LogP contribution in [0.4, 0.5) is 11.4 Å². The van der Waals surface area contributed by atoms with Gasteiger partial charge in [-0.1, -0.05) is 109 Å². The van der Waals surface area contributed by atoms with Gasteiger partial charge >= 0.3 is 0 Å². The number of benzene rings is 6. The van der Waals surface area contributed by atoms with Gasteiger partial charge < -0.3 is 9.64 Å². The second-order valence-electron chi connectivity index (χ2n) is 10.5. The summed E-state index contributed by atoms with van der Waals surface area (Å²) in [6, 6.07) is 54.3. The number of rotatable bonds is 4. The van der Waals surface area contributed by atoms with Crippen LogP contribution in [0.5, 0.6) is 5.75 Å². The molecular weight excluding hydrogens is 486 g/mol. The van der Waals surface area contributed by atoms with Crippen LogP contribution in [-0.2, 0) is 0 Å². The first-order valence-electron chi connectivity index (χ1n) is 13.8. The minimum absolute atomic E-state index is 0.0771. The van der Waals surface area contributed by atoms with Crippen molar-refractivity contribution in [1.29, 1.82) is 0 Å². The molecule has 0 saturated heterocycles. The van der Waals surface area contributed by atoms with E-state index in [9.17, 15) is 0 Å². The molecule has 0 fully saturated rings. The number of anilines is 2. The Balaban J connectivity index is 1.20. The summed E-state index contributed by atoms with van der Waals surface area (Å²) in [5, 5.41) is 0. The summed E-state index contributed by atoms with van der Waals surface area (Å²) in [5.41, 5.74) is 12.2. The molecule has 0 spiro atoms. The van der Waals surface area contributed by atoms with Gasteiger partial charge in [-0.05, 0) is 81.4 Å². The smallest absolute Gasteiger partial charge is 0.187 e. The normalized spacial score (nSPS) is 16.6. The van der Waals surface area contributed by atoms with E-state index >= 15 is 0 Å². The third kappa shape index (κ3) is 3.72. The van der Waals surface area contributed by atoms with Gasteiger partial charge in [-0.2, -0.15) is 0 Å². The molecule has 2 heterocycles. The van der Waals surface area contributed by atoms with Crippen LogP contribution in [0.15, 0.2) is 152 Å². The Morgan fingerprint density at radius 1 is 0.425 bits per heavy atom. The van der Waals surface area contributed by atoms with E-state index in [1.54, 1.807) is 0 Å². The summed E-state index contributed by atoms with van der Waals surface area (Å²) >= 11 is 0. The first-order valence-corrected chi connectivity index (χ1v) is 13.8. The molecule has 0 radical (unpaired) electrons. The van der Waals surface area contributed by atoms with Gasteiger partial charge in [-0.15, -0.1) is 0 Å². The zero-order chi connectivity index (χ0) is 26.5. The highest BCUT2D eigenvalue weighted by molar-refractivity contribution is 5.82. The Bertz CT molecular complexity index is 1770. The fraction of sp³-hybridized carbons (Fsp3) is 0.0526. The number of fused-ring (bicyclic) bond motifs is 5. The van der Waals surface area contributed by atoms with Crippen LogP contribution in [0.25, 0.3) is 33.4 Å². The van der Waals surface area contributed by atoms with Gasteiger partial charge in [-0.3, -0.25) is 0 Å². The molecule has 2 unspecified atom stereocenters. The zero-order valence-corrected chi connectivity index (χ0v) is 21.9. The quantitative estimate of drug-likeness (QED) is 0.233. The van der Waals surface area contributed by atoms with E-state index in [0.717, 1.165) is 11.4 Å². The summed E-state index contributed by atoms with van der Waals surface area (Å²) < 4.78 is 6.55. The van der Waals surface area contributed by atoms with Crippen LogP contribution in [0, 0.1) is 0 Å². The summed E-state index contributed by atoms with van der Waals surface area (Å²) in [5.74, 6) is 1.20. The third-order valence-corrected chi connectivity index (χ3v) is 8.20. The minimum Gasteiger partial charge on any atom is -0.469 e. The summed E-state index contributed by atoms with van der Waals surface area (Å²) in [6.07, 6.45) is -0.0771. The topological polar surface area (TPSA) is 12.5 Å². The van der Waals surface area contributed by atoms with Crippen LogP contribution in [0.3, 0.4) is 0 Å². The van der Waals surface area contributed by atoms with Crippen molar-refractivity contribution in [1.82, 2.24) is 0 Å². The monoisotopic (exact) mass is 513 g/mol. The predicted octanol–water partition coefficient (Wildman–Crippen LogP) is 9.69. The standard InChI is InChI=1S/C38H27NO/c1-3-11-26(12-4-1)29-23-30(27-13-5-2-6-14-27)25-31(24-29)28-19-21-32(22-20-28)39-35-17-9-7-15-33(35)37-34-16-8-10-18-36(34)40-38(37)39/h1-25,37-38H. The molecule has 2 aliphatic heterocycles. The highest BCUT2D eigenvalue weighted by Crippen LogP contribution is 2.54. The Morgan fingerprint density at radius 3 is 1.55 bits per heavy atom. The van der Waals surface area contributed by atoms with Crippen LogP contribution < -0.4 is 9.64 Å². The molecule has 2 heteroatoms. The van der Waals surface area contributed by atoms with E-state index in [2.05, 4.69) is 157 Å². The first kappa shape index (κ1) is 22.9. The van der Waals surface area contributed by atoms with Crippen molar-refractivity contribution in [2.45, 2.75) is 12.1 Å². The van der Waals surface area contributed by atoms with Crippen molar-refractivity contribution in [2.75, 3.05) is 4.90 Å². The van der Waals surface area contributed by atoms with Crippen LogP contribution in [-0.4, -0.2) is 6.23 Å². The maximum Gasteiger partial charge on any atom is 0.187 e. The average molecular weight is 514 g/mol. The minimum atomic E-state index is -0.0771. The molecule has 190 valence electrons. The maximum absolute atomic E-state index is 6.55. The fourth-order valence-corrected chi connectivity index (χ4v) is 6.32. The molecule has 0 saturated carbocycles. The van der Waals surface area contributed by atoms with Crippen molar-refractivity contribution in [3.63, 3.8) is 0 Å². The molecule has 0 aliphatic carbocycles. The van der Waals surface area contributed by atoms with E-state index < -0.39 is 0 Å². The SMILES string of the molecule is c1ccc(-c2cc(-c3ccccc3)cc(-c3ccc(N4c5ccccc5C5c6ccccc6OC54)cc3)c2)cc1. The molecular formula is C38H27NO. The van der Waals surface area contributed by atoms with E-state index in [-0.39, 0.29) is 12.1 Å². The maximum atomic E-state index is 6.55. The molecule has 0 aromatic heterocycles. The number of nitrogens with zero attached hydrogens (tertiary/aromatic N) is 1. The van der Waals surface area contributed by atoms with Gasteiger partial charge in [-0.25, -0.2) is 0 Å². The highest BCUT2D eigenvalue weighted by Gasteiger charge is 2.46. The lowest BCUT2D eigenvalue weighted by atomic mass is 9.93. The summed E-state index contributed by atoms with van der Waals surface area (Å²) in [4.78, 5) is 2.36. The van der Waals surface area contributed by atoms with E-state index in [0.29, 0.717) is 0 Å². The lowest BCUT2D eigenvalue weighted by Gasteiger charge is -2.27. The van der Waals surface area contributed by atoms with Crippen molar-refractivity contribution in [3.05, 3.63) is 163 Å². The van der Waals surface area contributed by atoms with Crippen molar-refractivity contribution in [2.24, 2.45) is 0 Å². The molecule has 0 N–H and O–H groups in total. The number of ether oxygens (including phenoxy) is 1. The third-order valence-electron chi connectivity index (χ3n) is 8.20. The van der Waals surface area contributed by atoms with Crippen molar-refractivity contribution >= 4 is 11.4 Å². The van der Waals surface area contributed by atoms with E-state index in [4.69, 9.17) is 4.74 Å². The predicted molar refractivity (Wildman–Crippen MR) is 164 cm³/mol. The van der Waals surface area contributed by atoms with E-state index in [1.807, 2.05) is 0 Å². The number of hydrogen-bond donors (Lipinski definition) is 0.